The zero-order valence-electron chi connectivity index (χ0n) is 17.5. The summed E-state index contributed by atoms with van der Waals surface area (Å²) in [5.41, 5.74) is 1.20. The second kappa shape index (κ2) is 8.31. The minimum absolute atomic E-state index is 0.333. The highest BCUT2D eigenvalue weighted by atomic mass is 35.5. The summed E-state index contributed by atoms with van der Waals surface area (Å²) in [5, 5.41) is 0.493. The third kappa shape index (κ3) is 3.55. The lowest BCUT2D eigenvalue weighted by molar-refractivity contribution is 0.198. The predicted molar refractivity (Wildman–Crippen MR) is 124 cm³/mol. The lowest BCUT2D eigenvalue weighted by Crippen LogP contribution is -2.44. The standard InChI is InChI=1S/C22H25ClN6OS/c1-24-17-4-3-6-22(17)7-11-28(12-8-22)21-27-14-16(19-25-10-13-29(19)21)31-15-5-9-26-20(30-2)18(15)23/h5,9-10,13-14,17H,1,3-4,6-8,11-12H2,2H3. The number of halogens is 1. The molecule has 1 aliphatic heterocycles. The third-order valence-corrected chi connectivity index (χ3v) is 8.28. The highest BCUT2D eigenvalue weighted by Crippen LogP contribution is 2.48. The van der Waals surface area contributed by atoms with E-state index in [4.69, 9.17) is 21.3 Å². The number of ether oxygens (including phenoxy) is 1. The first-order chi connectivity index (χ1) is 15.1. The van der Waals surface area contributed by atoms with Crippen LogP contribution in [0.1, 0.15) is 32.1 Å². The number of pyridine rings is 1. The van der Waals surface area contributed by atoms with E-state index < -0.39 is 0 Å². The van der Waals surface area contributed by atoms with Crippen LogP contribution in [0.4, 0.5) is 5.95 Å². The molecule has 0 amide bonds. The maximum absolute atomic E-state index is 6.44. The number of fused-ring (bicyclic) bond motifs is 1. The van der Waals surface area contributed by atoms with Gasteiger partial charge in [0.05, 0.1) is 18.0 Å². The van der Waals surface area contributed by atoms with Gasteiger partial charge in [-0.2, -0.15) is 0 Å². The molecule has 7 nitrogen and oxygen atoms in total. The van der Waals surface area contributed by atoms with Crippen molar-refractivity contribution in [1.82, 2.24) is 19.4 Å². The van der Waals surface area contributed by atoms with E-state index >= 15 is 0 Å². The molecular formula is C22H25ClN6OS. The molecule has 2 fully saturated rings. The summed E-state index contributed by atoms with van der Waals surface area (Å²) >= 11 is 7.96. The number of hydrogen-bond donors (Lipinski definition) is 0. The van der Waals surface area contributed by atoms with E-state index in [2.05, 4.69) is 31.0 Å². The van der Waals surface area contributed by atoms with E-state index in [1.807, 2.05) is 24.7 Å². The molecule has 9 heteroatoms. The van der Waals surface area contributed by atoms with E-state index in [0.717, 1.165) is 47.3 Å². The molecule has 5 rings (SSSR count). The molecule has 0 N–H and O–H groups in total. The van der Waals surface area contributed by atoms with Gasteiger partial charge in [-0.3, -0.25) is 9.39 Å². The van der Waals surface area contributed by atoms with Gasteiger partial charge in [0.25, 0.3) is 0 Å². The Labute approximate surface area is 190 Å². The smallest absolute Gasteiger partial charge is 0.233 e. The SMILES string of the molecule is C=NC1CCCC12CCN(c1ncc(Sc3ccnc(OC)c3Cl)c3nccn13)CC2. The number of imidazole rings is 1. The molecule has 1 spiro atoms. The topological polar surface area (TPSA) is 67.9 Å². The predicted octanol–water partition coefficient (Wildman–Crippen LogP) is 4.78. The van der Waals surface area contributed by atoms with Gasteiger partial charge in [-0.25, -0.2) is 15.0 Å². The normalized spacial score (nSPS) is 20.5. The summed E-state index contributed by atoms with van der Waals surface area (Å²) in [6.07, 6.45) is 13.4. The molecule has 1 unspecified atom stereocenters. The Morgan fingerprint density at radius 2 is 2.03 bits per heavy atom. The van der Waals surface area contributed by atoms with Crippen LogP contribution >= 0.6 is 23.4 Å². The summed E-state index contributed by atoms with van der Waals surface area (Å²) in [4.78, 5) is 22.2. The molecule has 1 saturated heterocycles. The largest absolute Gasteiger partial charge is 0.480 e. The lowest BCUT2D eigenvalue weighted by Gasteiger charge is -2.42. The Hall–Kier alpha value is -2.32. The number of hydrogen-bond acceptors (Lipinski definition) is 7. The maximum Gasteiger partial charge on any atom is 0.233 e. The second-order valence-electron chi connectivity index (χ2n) is 8.22. The Bertz CT molecular complexity index is 1110. The van der Waals surface area contributed by atoms with Gasteiger partial charge in [-0.1, -0.05) is 29.8 Å². The number of aromatic nitrogens is 4. The van der Waals surface area contributed by atoms with E-state index in [1.54, 1.807) is 13.3 Å². The number of methoxy groups -OCH3 is 1. The van der Waals surface area contributed by atoms with Gasteiger partial charge < -0.3 is 9.64 Å². The van der Waals surface area contributed by atoms with Crippen LogP contribution in [0.3, 0.4) is 0 Å². The van der Waals surface area contributed by atoms with Crippen LogP contribution in [0.15, 0.2) is 45.6 Å². The first kappa shape index (κ1) is 20.6. The monoisotopic (exact) mass is 456 g/mol. The molecular weight excluding hydrogens is 432 g/mol. The van der Waals surface area contributed by atoms with Crippen LogP contribution in [0, 0.1) is 5.41 Å². The van der Waals surface area contributed by atoms with Crippen LogP contribution in [-0.4, -0.2) is 52.3 Å². The van der Waals surface area contributed by atoms with Crippen molar-refractivity contribution in [3.05, 3.63) is 35.9 Å². The summed E-state index contributed by atoms with van der Waals surface area (Å²) in [6.45, 7) is 5.81. The average molecular weight is 457 g/mol. The summed E-state index contributed by atoms with van der Waals surface area (Å²) < 4.78 is 7.31. The number of nitrogens with zero attached hydrogens (tertiary/aromatic N) is 6. The van der Waals surface area contributed by atoms with E-state index in [-0.39, 0.29) is 0 Å². The molecule has 3 aromatic heterocycles. The van der Waals surface area contributed by atoms with Gasteiger partial charge in [-0.05, 0) is 43.9 Å². The molecule has 162 valence electrons. The van der Waals surface area contributed by atoms with Crippen molar-refractivity contribution in [2.24, 2.45) is 10.4 Å². The van der Waals surface area contributed by atoms with Gasteiger partial charge in [0.1, 0.15) is 5.02 Å². The van der Waals surface area contributed by atoms with Crippen molar-refractivity contribution in [3.8, 4) is 5.88 Å². The zero-order chi connectivity index (χ0) is 21.4. The summed E-state index contributed by atoms with van der Waals surface area (Å²) in [6, 6.07) is 2.29. The Morgan fingerprint density at radius 3 is 2.81 bits per heavy atom. The first-order valence-corrected chi connectivity index (χ1v) is 11.7. The van der Waals surface area contributed by atoms with Crippen molar-refractivity contribution >= 4 is 41.7 Å². The molecule has 2 aliphatic rings. The number of piperidine rings is 1. The Morgan fingerprint density at radius 1 is 1.19 bits per heavy atom. The summed E-state index contributed by atoms with van der Waals surface area (Å²) in [7, 11) is 1.56. The van der Waals surface area contributed by atoms with E-state index in [0.29, 0.717) is 22.4 Å². The molecule has 0 radical (unpaired) electrons. The summed E-state index contributed by atoms with van der Waals surface area (Å²) in [5.74, 6) is 1.35. The van der Waals surface area contributed by atoms with Crippen molar-refractivity contribution < 1.29 is 4.74 Å². The van der Waals surface area contributed by atoms with Crippen LogP contribution in [0.2, 0.25) is 5.02 Å². The van der Waals surface area contributed by atoms with Crippen molar-refractivity contribution in [1.29, 1.82) is 0 Å². The minimum atomic E-state index is 0.333. The molecule has 0 aromatic carbocycles. The highest BCUT2D eigenvalue weighted by molar-refractivity contribution is 7.99. The molecule has 31 heavy (non-hydrogen) atoms. The van der Waals surface area contributed by atoms with Gasteiger partial charge in [-0.15, -0.1) is 0 Å². The van der Waals surface area contributed by atoms with Gasteiger partial charge in [0.15, 0.2) is 5.65 Å². The fourth-order valence-corrected chi connectivity index (χ4v) is 6.27. The van der Waals surface area contributed by atoms with Crippen molar-refractivity contribution in [2.45, 2.75) is 47.9 Å². The Balaban J connectivity index is 1.40. The molecule has 1 aliphatic carbocycles. The fourth-order valence-electron chi connectivity index (χ4n) is 5.08. The lowest BCUT2D eigenvalue weighted by atomic mass is 9.74. The highest BCUT2D eigenvalue weighted by Gasteiger charge is 2.44. The van der Waals surface area contributed by atoms with Crippen LogP contribution in [0.5, 0.6) is 5.88 Å². The first-order valence-electron chi connectivity index (χ1n) is 10.5. The number of anilines is 1. The molecule has 1 atom stereocenters. The van der Waals surface area contributed by atoms with Crippen LogP contribution in [-0.2, 0) is 0 Å². The van der Waals surface area contributed by atoms with Crippen LogP contribution in [0.25, 0.3) is 5.65 Å². The van der Waals surface area contributed by atoms with Crippen molar-refractivity contribution in [2.75, 3.05) is 25.1 Å². The molecule has 1 saturated carbocycles. The Kier molecular flexibility index (Phi) is 5.52. The zero-order valence-corrected chi connectivity index (χ0v) is 19.1. The van der Waals surface area contributed by atoms with Gasteiger partial charge >= 0.3 is 0 Å². The second-order valence-corrected chi connectivity index (χ2v) is 9.68. The van der Waals surface area contributed by atoms with Crippen LogP contribution < -0.4 is 9.64 Å². The number of rotatable bonds is 5. The van der Waals surface area contributed by atoms with E-state index in [9.17, 15) is 0 Å². The number of aliphatic imine (C=N–C) groups is 1. The fraction of sp³-hybridized carbons (Fsp3) is 0.455. The van der Waals surface area contributed by atoms with Gasteiger partial charge in [0, 0.05) is 42.8 Å². The van der Waals surface area contributed by atoms with E-state index in [1.165, 1.54) is 31.0 Å². The molecule has 4 heterocycles. The maximum atomic E-state index is 6.44. The third-order valence-electron chi connectivity index (χ3n) is 6.73. The molecule has 0 bridgehead atoms. The van der Waals surface area contributed by atoms with Crippen molar-refractivity contribution in [3.63, 3.8) is 0 Å². The quantitative estimate of drug-likeness (QED) is 0.515. The van der Waals surface area contributed by atoms with Gasteiger partial charge in [0.2, 0.25) is 11.8 Å². The average Bonchev–Trinajstić information content (AvgIpc) is 3.44. The molecule has 3 aromatic rings. The minimum Gasteiger partial charge on any atom is -0.480 e.